The van der Waals surface area contributed by atoms with Crippen LogP contribution < -0.4 is 16.4 Å². The number of aromatic nitrogens is 1. The molecule has 19 heavy (non-hydrogen) atoms. The van der Waals surface area contributed by atoms with Gasteiger partial charge in [-0.15, -0.1) is 0 Å². The average Bonchev–Trinajstić information content (AvgIpc) is 2.40. The molecule has 1 aliphatic heterocycles. The number of nitrogens with two attached hydrogens (primary N) is 1. The summed E-state index contributed by atoms with van der Waals surface area (Å²) in [6.45, 7) is 0.290. The number of rotatable bonds is 2. The lowest BCUT2D eigenvalue weighted by Gasteiger charge is -2.22. The van der Waals surface area contributed by atoms with Gasteiger partial charge in [-0.1, -0.05) is 11.8 Å². The number of hydrogen-bond donors (Lipinski definition) is 3. The van der Waals surface area contributed by atoms with Crippen molar-refractivity contribution in [1.82, 2.24) is 10.3 Å². The van der Waals surface area contributed by atoms with Gasteiger partial charge in [-0.25, -0.2) is 4.98 Å². The molecule has 0 aromatic carbocycles. The van der Waals surface area contributed by atoms with E-state index in [1.165, 1.54) is 0 Å². The Labute approximate surface area is 110 Å². The second kappa shape index (κ2) is 5.98. The molecular formula is C13H14N4O2. The first-order valence-corrected chi connectivity index (χ1v) is 5.94. The number of hydrogen-bond acceptors (Lipinski definition) is 5. The summed E-state index contributed by atoms with van der Waals surface area (Å²) in [4.78, 5) is 26.8. The fourth-order valence-corrected chi connectivity index (χ4v) is 1.75. The molecule has 1 aromatic heterocycles. The fraction of sp³-hybridized carbons (Fsp3) is 0.308. The molecule has 1 saturated heterocycles. The summed E-state index contributed by atoms with van der Waals surface area (Å²) in [6.07, 6.45) is 2.40. The third-order valence-electron chi connectivity index (χ3n) is 2.66. The molecule has 6 nitrogen and oxygen atoms in total. The van der Waals surface area contributed by atoms with Crippen molar-refractivity contribution < 1.29 is 9.59 Å². The van der Waals surface area contributed by atoms with Crippen LogP contribution in [0, 0.1) is 11.8 Å². The van der Waals surface area contributed by atoms with Gasteiger partial charge < -0.3 is 11.1 Å². The van der Waals surface area contributed by atoms with E-state index in [1.807, 2.05) is 0 Å². The van der Waals surface area contributed by atoms with Crippen molar-refractivity contribution in [3.63, 3.8) is 0 Å². The number of anilines is 1. The largest absolute Gasteiger partial charge is 0.358 e. The van der Waals surface area contributed by atoms with Gasteiger partial charge in [-0.2, -0.15) is 0 Å². The van der Waals surface area contributed by atoms with Crippen LogP contribution in [0.4, 0.5) is 5.82 Å². The topological polar surface area (TPSA) is 97.1 Å². The molecule has 1 fully saturated rings. The van der Waals surface area contributed by atoms with Crippen molar-refractivity contribution in [1.29, 1.82) is 0 Å². The SMILES string of the molecule is NCC#Cc1ccnc(NC2CCC(=O)NC2=O)c1. The van der Waals surface area contributed by atoms with Gasteiger partial charge in [0, 0.05) is 18.2 Å². The molecule has 4 N–H and O–H groups in total. The average molecular weight is 258 g/mol. The number of nitrogens with zero attached hydrogens (tertiary/aromatic N) is 1. The van der Waals surface area contributed by atoms with E-state index in [0.29, 0.717) is 18.7 Å². The lowest BCUT2D eigenvalue weighted by molar-refractivity contribution is -0.133. The molecule has 0 bridgehead atoms. The van der Waals surface area contributed by atoms with Crippen LogP contribution in [0.3, 0.4) is 0 Å². The van der Waals surface area contributed by atoms with E-state index in [4.69, 9.17) is 5.73 Å². The monoisotopic (exact) mass is 258 g/mol. The summed E-state index contributed by atoms with van der Waals surface area (Å²) < 4.78 is 0. The fourth-order valence-electron chi connectivity index (χ4n) is 1.75. The minimum absolute atomic E-state index is 0.237. The van der Waals surface area contributed by atoms with Gasteiger partial charge >= 0.3 is 0 Å². The third kappa shape index (κ3) is 3.53. The van der Waals surface area contributed by atoms with E-state index in [2.05, 4.69) is 27.5 Å². The molecular weight excluding hydrogens is 244 g/mol. The van der Waals surface area contributed by atoms with Gasteiger partial charge in [0.05, 0.1) is 6.54 Å². The summed E-state index contributed by atoms with van der Waals surface area (Å²) in [5, 5.41) is 5.28. The zero-order valence-corrected chi connectivity index (χ0v) is 10.3. The van der Waals surface area contributed by atoms with Gasteiger partial charge in [0.15, 0.2) is 0 Å². The van der Waals surface area contributed by atoms with Crippen LogP contribution in [0.25, 0.3) is 0 Å². The van der Waals surface area contributed by atoms with Gasteiger partial charge in [-0.3, -0.25) is 14.9 Å². The van der Waals surface area contributed by atoms with Gasteiger partial charge in [0.1, 0.15) is 11.9 Å². The number of amides is 2. The molecule has 2 amide bonds. The van der Waals surface area contributed by atoms with Gasteiger partial charge in [0.25, 0.3) is 0 Å². The van der Waals surface area contributed by atoms with Crippen LogP contribution in [0.2, 0.25) is 0 Å². The van der Waals surface area contributed by atoms with Crippen LogP contribution >= 0.6 is 0 Å². The van der Waals surface area contributed by atoms with Crippen LogP contribution in [-0.2, 0) is 9.59 Å². The molecule has 1 atom stereocenters. The molecule has 2 heterocycles. The van der Waals surface area contributed by atoms with Crippen LogP contribution in [0.5, 0.6) is 0 Å². The molecule has 1 aromatic rings. The van der Waals surface area contributed by atoms with Crippen LogP contribution in [-0.4, -0.2) is 29.4 Å². The Morgan fingerprint density at radius 1 is 1.53 bits per heavy atom. The molecule has 6 heteroatoms. The Kier molecular flexibility index (Phi) is 4.11. The summed E-state index contributed by atoms with van der Waals surface area (Å²) in [5.41, 5.74) is 6.08. The zero-order chi connectivity index (χ0) is 13.7. The normalized spacial score (nSPS) is 18.3. The highest BCUT2D eigenvalue weighted by molar-refractivity contribution is 6.01. The molecule has 0 aliphatic carbocycles. The van der Waals surface area contributed by atoms with E-state index in [0.717, 1.165) is 5.56 Å². The number of pyridine rings is 1. The predicted molar refractivity (Wildman–Crippen MR) is 70.0 cm³/mol. The molecule has 2 rings (SSSR count). The number of piperidine rings is 1. The second-order valence-corrected chi connectivity index (χ2v) is 4.08. The summed E-state index contributed by atoms with van der Waals surface area (Å²) in [5.74, 6) is 5.63. The number of carbonyl (C=O) groups excluding carboxylic acids is 2. The Morgan fingerprint density at radius 2 is 2.37 bits per heavy atom. The lowest BCUT2D eigenvalue weighted by atomic mass is 10.1. The third-order valence-corrected chi connectivity index (χ3v) is 2.66. The van der Waals surface area contributed by atoms with E-state index >= 15 is 0 Å². The molecule has 1 unspecified atom stereocenters. The van der Waals surface area contributed by atoms with Crippen molar-refractivity contribution >= 4 is 17.6 Å². The maximum absolute atomic E-state index is 11.6. The van der Waals surface area contributed by atoms with E-state index < -0.39 is 6.04 Å². The smallest absolute Gasteiger partial charge is 0.249 e. The lowest BCUT2D eigenvalue weighted by Crippen LogP contribution is -2.47. The minimum atomic E-state index is -0.442. The molecule has 1 aliphatic rings. The Balaban J connectivity index is 2.06. The Bertz CT molecular complexity index is 559. The predicted octanol–water partition coefficient (Wildman–Crippen LogP) is -0.391. The van der Waals surface area contributed by atoms with E-state index in [-0.39, 0.29) is 18.4 Å². The summed E-state index contributed by atoms with van der Waals surface area (Å²) >= 11 is 0. The second-order valence-electron chi connectivity index (χ2n) is 4.08. The van der Waals surface area contributed by atoms with Crippen molar-refractivity contribution in [2.45, 2.75) is 18.9 Å². The quantitative estimate of drug-likeness (QED) is 0.496. The number of nitrogens with one attached hydrogen (secondary N) is 2. The number of imide groups is 1. The van der Waals surface area contributed by atoms with Crippen LogP contribution in [0.15, 0.2) is 18.3 Å². The van der Waals surface area contributed by atoms with Gasteiger partial charge in [-0.05, 0) is 18.6 Å². The standard InChI is InChI=1S/C13H14N4O2/c14-6-1-2-9-5-7-15-11(8-9)16-10-3-4-12(18)17-13(10)19/h5,7-8,10H,3-4,6,14H2,(H,15,16)(H,17,18,19). The Morgan fingerprint density at radius 3 is 3.11 bits per heavy atom. The van der Waals surface area contributed by atoms with Gasteiger partial charge in [0.2, 0.25) is 11.8 Å². The highest BCUT2D eigenvalue weighted by Gasteiger charge is 2.26. The Hall–Kier alpha value is -2.39. The molecule has 0 spiro atoms. The van der Waals surface area contributed by atoms with Crippen molar-refractivity contribution in [2.24, 2.45) is 5.73 Å². The van der Waals surface area contributed by atoms with Crippen molar-refractivity contribution in [3.05, 3.63) is 23.9 Å². The molecule has 98 valence electrons. The number of carbonyl (C=O) groups is 2. The van der Waals surface area contributed by atoms with Crippen LogP contribution in [0.1, 0.15) is 18.4 Å². The zero-order valence-electron chi connectivity index (χ0n) is 10.3. The molecule has 0 radical (unpaired) electrons. The first-order chi connectivity index (χ1) is 9.19. The highest BCUT2D eigenvalue weighted by atomic mass is 16.2. The van der Waals surface area contributed by atoms with Crippen molar-refractivity contribution in [2.75, 3.05) is 11.9 Å². The molecule has 0 saturated carbocycles. The first-order valence-electron chi connectivity index (χ1n) is 5.94. The van der Waals surface area contributed by atoms with E-state index in [9.17, 15) is 9.59 Å². The van der Waals surface area contributed by atoms with Crippen molar-refractivity contribution in [3.8, 4) is 11.8 Å². The maximum atomic E-state index is 11.6. The maximum Gasteiger partial charge on any atom is 0.249 e. The van der Waals surface area contributed by atoms with E-state index in [1.54, 1.807) is 18.3 Å². The minimum Gasteiger partial charge on any atom is -0.358 e. The summed E-state index contributed by atoms with van der Waals surface area (Å²) in [6, 6.07) is 3.06. The first kappa shape index (κ1) is 13.1. The summed E-state index contributed by atoms with van der Waals surface area (Å²) in [7, 11) is 0. The highest BCUT2D eigenvalue weighted by Crippen LogP contribution is 2.12.